The van der Waals surface area contributed by atoms with Gasteiger partial charge in [0.1, 0.15) is 0 Å². The third-order valence-corrected chi connectivity index (χ3v) is 4.13. The van der Waals surface area contributed by atoms with E-state index in [0.717, 1.165) is 39.6 Å². The standard InChI is InChI=1S/C15H20BrN3/c1-4-11(5-2)19(3)14-7-6-13(17)12-8-10(16)9-18-15(12)14/h6-9,11H,4-5,17H2,1-3H3. The number of benzene rings is 1. The van der Waals surface area contributed by atoms with Gasteiger partial charge in [0.15, 0.2) is 0 Å². The molecule has 19 heavy (non-hydrogen) atoms. The maximum Gasteiger partial charge on any atom is 0.0956 e. The quantitative estimate of drug-likeness (QED) is 0.858. The van der Waals surface area contributed by atoms with Gasteiger partial charge in [0.05, 0.1) is 11.2 Å². The van der Waals surface area contributed by atoms with Crippen LogP contribution in [0, 0.1) is 0 Å². The number of fused-ring (bicyclic) bond motifs is 1. The van der Waals surface area contributed by atoms with E-state index in [1.54, 1.807) is 0 Å². The first-order valence-corrected chi connectivity index (χ1v) is 7.44. The van der Waals surface area contributed by atoms with Crippen LogP contribution in [0.4, 0.5) is 11.4 Å². The number of nitrogens with zero attached hydrogens (tertiary/aromatic N) is 2. The van der Waals surface area contributed by atoms with Crippen LogP contribution >= 0.6 is 15.9 Å². The van der Waals surface area contributed by atoms with Gasteiger partial charge in [-0.05, 0) is 47.0 Å². The molecule has 0 aliphatic carbocycles. The van der Waals surface area contributed by atoms with Crippen LogP contribution < -0.4 is 10.6 Å². The minimum Gasteiger partial charge on any atom is -0.398 e. The fourth-order valence-corrected chi connectivity index (χ4v) is 2.85. The largest absolute Gasteiger partial charge is 0.398 e. The van der Waals surface area contributed by atoms with Crippen LogP contribution in [0.15, 0.2) is 28.9 Å². The minimum atomic E-state index is 0.525. The first-order chi connectivity index (χ1) is 9.08. The second kappa shape index (κ2) is 5.78. The summed E-state index contributed by atoms with van der Waals surface area (Å²) >= 11 is 3.45. The fourth-order valence-electron chi connectivity index (χ4n) is 2.52. The van der Waals surface area contributed by atoms with Crippen molar-refractivity contribution >= 4 is 38.2 Å². The van der Waals surface area contributed by atoms with Crippen molar-refractivity contribution < 1.29 is 0 Å². The molecule has 1 aromatic carbocycles. The molecule has 0 aliphatic rings. The summed E-state index contributed by atoms with van der Waals surface area (Å²) in [5.41, 5.74) is 8.94. The number of hydrogen-bond acceptors (Lipinski definition) is 3. The van der Waals surface area contributed by atoms with Crippen molar-refractivity contribution in [2.75, 3.05) is 17.7 Å². The lowest BCUT2D eigenvalue weighted by atomic mass is 10.1. The molecular formula is C15H20BrN3. The molecular weight excluding hydrogens is 302 g/mol. The summed E-state index contributed by atoms with van der Waals surface area (Å²) in [5.74, 6) is 0. The zero-order valence-electron chi connectivity index (χ0n) is 11.7. The molecule has 0 unspecified atom stereocenters. The molecule has 0 saturated heterocycles. The molecule has 4 heteroatoms. The highest BCUT2D eigenvalue weighted by atomic mass is 79.9. The van der Waals surface area contributed by atoms with Gasteiger partial charge < -0.3 is 10.6 Å². The number of aromatic nitrogens is 1. The smallest absolute Gasteiger partial charge is 0.0956 e. The molecule has 0 aliphatic heterocycles. The number of halogens is 1. The summed E-state index contributed by atoms with van der Waals surface area (Å²) < 4.78 is 0.953. The molecule has 0 spiro atoms. The minimum absolute atomic E-state index is 0.525. The Balaban J connectivity index is 2.58. The van der Waals surface area contributed by atoms with E-state index in [0.29, 0.717) is 6.04 Å². The lowest BCUT2D eigenvalue weighted by Crippen LogP contribution is -2.30. The molecule has 0 amide bonds. The summed E-state index contributed by atoms with van der Waals surface area (Å²) in [7, 11) is 2.13. The van der Waals surface area contributed by atoms with Crippen LogP contribution in [-0.2, 0) is 0 Å². The maximum absolute atomic E-state index is 6.06. The number of nitrogens with two attached hydrogens (primary N) is 1. The van der Waals surface area contributed by atoms with Crippen molar-refractivity contribution in [2.24, 2.45) is 0 Å². The number of hydrogen-bond donors (Lipinski definition) is 1. The van der Waals surface area contributed by atoms with E-state index in [-0.39, 0.29) is 0 Å². The van der Waals surface area contributed by atoms with Crippen molar-refractivity contribution in [1.29, 1.82) is 0 Å². The summed E-state index contributed by atoms with van der Waals surface area (Å²) in [4.78, 5) is 6.85. The fraction of sp³-hybridized carbons (Fsp3) is 0.400. The highest BCUT2D eigenvalue weighted by molar-refractivity contribution is 9.10. The molecule has 3 nitrogen and oxygen atoms in total. The van der Waals surface area contributed by atoms with Gasteiger partial charge in [-0.25, -0.2) is 0 Å². The summed E-state index contributed by atoms with van der Waals surface area (Å²) in [6.45, 7) is 4.43. The Kier molecular flexibility index (Phi) is 4.30. The van der Waals surface area contributed by atoms with E-state index in [1.165, 1.54) is 0 Å². The van der Waals surface area contributed by atoms with Crippen molar-refractivity contribution in [3.8, 4) is 0 Å². The molecule has 2 aromatic rings. The van der Waals surface area contributed by atoms with Crippen LogP contribution in [0.2, 0.25) is 0 Å². The first-order valence-electron chi connectivity index (χ1n) is 6.65. The second-order valence-corrected chi connectivity index (χ2v) is 5.72. The average molecular weight is 322 g/mol. The van der Waals surface area contributed by atoms with Crippen LogP contribution in [0.25, 0.3) is 10.9 Å². The van der Waals surface area contributed by atoms with E-state index in [4.69, 9.17) is 5.73 Å². The normalized spacial score (nSPS) is 11.2. The number of nitrogen functional groups attached to an aromatic ring is 1. The second-order valence-electron chi connectivity index (χ2n) is 4.80. The maximum atomic E-state index is 6.06. The van der Waals surface area contributed by atoms with E-state index in [9.17, 15) is 0 Å². The number of pyridine rings is 1. The van der Waals surface area contributed by atoms with Gasteiger partial charge in [-0.1, -0.05) is 13.8 Å². The lowest BCUT2D eigenvalue weighted by molar-refractivity contribution is 0.592. The van der Waals surface area contributed by atoms with Crippen molar-refractivity contribution in [3.05, 3.63) is 28.9 Å². The van der Waals surface area contributed by atoms with Crippen molar-refractivity contribution in [1.82, 2.24) is 4.98 Å². The van der Waals surface area contributed by atoms with Crippen molar-refractivity contribution in [2.45, 2.75) is 32.7 Å². The third-order valence-electron chi connectivity index (χ3n) is 3.70. The number of anilines is 2. The van der Waals surface area contributed by atoms with Crippen LogP contribution in [-0.4, -0.2) is 18.1 Å². The van der Waals surface area contributed by atoms with E-state index >= 15 is 0 Å². The highest BCUT2D eigenvalue weighted by Crippen LogP contribution is 2.32. The zero-order chi connectivity index (χ0) is 14.0. The van der Waals surface area contributed by atoms with E-state index < -0.39 is 0 Å². The first kappa shape index (κ1) is 14.1. The van der Waals surface area contributed by atoms with Crippen LogP contribution in [0.1, 0.15) is 26.7 Å². The lowest BCUT2D eigenvalue weighted by Gasteiger charge is -2.29. The van der Waals surface area contributed by atoms with Gasteiger partial charge in [-0.2, -0.15) is 0 Å². The highest BCUT2D eigenvalue weighted by Gasteiger charge is 2.15. The molecule has 0 saturated carbocycles. The van der Waals surface area contributed by atoms with Gasteiger partial charge >= 0.3 is 0 Å². The Morgan fingerprint density at radius 2 is 2.00 bits per heavy atom. The molecule has 1 aromatic heterocycles. The van der Waals surface area contributed by atoms with Gasteiger partial charge in [-0.15, -0.1) is 0 Å². The van der Waals surface area contributed by atoms with Gasteiger partial charge in [0.25, 0.3) is 0 Å². The average Bonchev–Trinajstić information content (AvgIpc) is 2.41. The molecule has 2 N–H and O–H groups in total. The topological polar surface area (TPSA) is 42.1 Å². The SMILES string of the molecule is CCC(CC)N(C)c1ccc(N)c2cc(Br)cnc12. The Bertz CT molecular complexity index is 579. The van der Waals surface area contributed by atoms with Crippen LogP contribution in [0.5, 0.6) is 0 Å². The summed E-state index contributed by atoms with van der Waals surface area (Å²) in [6.07, 6.45) is 4.07. The molecule has 0 radical (unpaired) electrons. The predicted octanol–water partition coefficient (Wildman–Crippen LogP) is 4.20. The monoisotopic (exact) mass is 321 g/mol. The Morgan fingerprint density at radius 3 is 2.63 bits per heavy atom. The van der Waals surface area contributed by atoms with Crippen LogP contribution in [0.3, 0.4) is 0 Å². The molecule has 0 fully saturated rings. The Morgan fingerprint density at radius 1 is 1.32 bits per heavy atom. The number of rotatable bonds is 4. The van der Waals surface area contributed by atoms with Gasteiger partial charge in [-0.3, -0.25) is 4.98 Å². The van der Waals surface area contributed by atoms with Crippen molar-refractivity contribution in [3.63, 3.8) is 0 Å². The summed E-state index contributed by atoms with van der Waals surface area (Å²) in [6, 6.07) is 6.58. The predicted molar refractivity (Wildman–Crippen MR) is 86.6 cm³/mol. The Labute approximate surface area is 122 Å². The molecule has 0 atom stereocenters. The molecule has 1 heterocycles. The molecule has 2 rings (SSSR count). The zero-order valence-corrected chi connectivity index (χ0v) is 13.2. The van der Waals surface area contributed by atoms with Gasteiger partial charge in [0, 0.05) is 34.8 Å². The van der Waals surface area contributed by atoms with Gasteiger partial charge in [0.2, 0.25) is 0 Å². The molecule has 0 bridgehead atoms. The summed E-state index contributed by atoms with van der Waals surface area (Å²) in [5, 5.41) is 1.00. The third kappa shape index (κ3) is 2.68. The van der Waals surface area contributed by atoms with E-state index in [1.807, 2.05) is 18.3 Å². The van der Waals surface area contributed by atoms with E-state index in [2.05, 4.69) is 52.8 Å². The Hall–Kier alpha value is -1.29. The molecule has 102 valence electrons.